The van der Waals surface area contributed by atoms with E-state index < -0.39 is 0 Å². The van der Waals surface area contributed by atoms with Crippen molar-refractivity contribution < 1.29 is 4.42 Å². The Hall–Kier alpha value is -1.75. The van der Waals surface area contributed by atoms with E-state index in [-0.39, 0.29) is 0 Å². The second-order valence-electron chi connectivity index (χ2n) is 3.62. The largest absolute Gasteiger partial charge is 0.424 e. The van der Waals surface area contributed by atoms with Crippen molar-refractivity contribution in [2.24, 2.45) is 0 Å². The summed E-state index contributed by atoms with van der Waals surface area (Å²) < 4.78 is 5.25. The first kappa shape index (κ1) is 10.8. The van der Waals surface area contributed by atoms with Crippen molar-refractivity contribution in [2.45, 2.75) is 26.9 Å². The second-order valence-corrected chi connectivity index (χ2v) is 3.62. The first-order chi connectivity index (χ1) is 7.75. The first-order valence-corrected chi connectivity index (χ1v) is 5.15. The summed E-state index contributed by atoms with van der Waals surface area (Å²) in [6.45, 7) is 5.18. The van der Waals surface area contributed by atoms with Crippen molar-refractivity contribution in [1.82, 2.24) is 20.5 Å². The zero-order valence-corrected chi connectivity index (χ0v) is 9.40. The minimum absolute atomic E-state index is 0.586. The van der Waals surface area contributed by atoms with Crippen LogP contribution in [0.25, 0.3) is 0 Å². The molecule has 5 nitrogen and oxygen atoms in total. The van der Waals surface area contributed by atoms with E-state index in [0.29, 0.717) is 18.3 Å². The van der Waals surface area contributed by atoms with Crippen molar-refractivity contribution in [2.75, 3.05) is 0 Å². The maximum Gasteiger partial charge on any atom is 0.230 e. The molecule has 0 aliphatic carbocycles. The number of hydrogen-bond acceptors (Lipinski definition) is 5. The molecule has 0 saturated heterocycles. The van der Waals surface area contributed by atoms with E-state index in [1.165, 1.54) is 11.1 Å². The highest BCUT2D eigenvalue weighted by Crippen LogP contribution is 2.04. The lowest BCUT2D eigenvalue weighted by Gasteiger charge is -2.04. The zero-order valence-electron chi connectivity index (χ0n) is 9.40. The summed E-state index contributed by atoms with van der Waals surface area (Å²) in [7, 11) is 0. The molecule has 1 N–H and O–H groups in total. The predicted molar refractivity (Wildman–Crippen MR) is 58.6 cm³/mol. The van der Waals surface area contributed by atoms with Gasteiger partial charge >= 0.3 is 0 Å². The molecular weight excluding hydrogens is 204 g/mol. The topological polar surface area (TPSA) is 63.8 Å². The van der Waals surface area contributed by atoms with Gasteiger partial charge < -0.3 is 9.73 Å². The van der Waals surface area contributed by atoms with Gasteiger partial charge in [-0.2, -0.15) is 0 Å². The van der Waals surface area contributed by atoms with Gasteiger partial charge in [0.1, 0.15) is 0 Å². The van der Waals surface area contributed by atoms with Gasteiger partial charge in [0.05, 0.1) is 6.54 Å². The molecule has 5 heteroatoms. The molecule has 0 saturated carbocycles. The number of rotatable bonds is 4. The number of pyridine rings is 1. The normalized spacial score (nSPS) is 10.6. The number of aromatic nitrogens is 3. The molecule has 2 aromatic rings. The van der Waals surface area contributed by atoms with Crippen LogP contribution in [-0.4, -0.2) is 15.2 Å². The van der Waals surface area contributed by atoms with Crippen LogP contribution in [0.2, 0.25) is 0 Å². The fourth-order valence-electron chi connectivity index (χ4n) is 1.41. The van der Waals surface area contributed by atoms with Crippen LogP contribution >= 0.6 is 0 Å². The highest BCUT2D eigenvalue weighted by atomic mass is 16.4. The Labute approximate surface area is 93.9 Å². The Balaban J connectivity index is 1.87. The molecule has 0 atom stereocenters. The average Bonchev–Trinajstić information content (AvgIpc) is 2.67. The Kier molecular flexibility index (Phi) is 3.26. The second kappa shape index (κ2) is 4.85. The average molecular weight is 218 g/mol. The van der Waals surface area contributed by atoms with Crippen molar-refractivity contribution in [3.63, 3.8) is 0 Å². The molecule has 0 spiro atoms. The molecule has 2 heterocycles. The number of aryl methyl sites for hydroxylation is 2. The molecule has 2 aromatic heterocycles. The standard InChI is InChI=1S/C11H14N4O/c1-8-5-12-4-3-10(8)6-13-7-11-15-14-9(2)16-11/h3-5,13H,6-7H2,1-2H3. The van der Waals surface area contributed by atoms with E-state index >= 15 is 0 Å². The van der Waals surface area contributed by atoms with E-state index in [9.17, 15) is 0 Å². The molecule has 16 heavy (non-hydrogen) atoms. The van der Waals surface area contributed by atoms with Crippen LogP contribution in [-0.2, 0) is 13.1 Å². The van der Waals surface area contributed by atoms with E-state index in [1.54, 1.807) is 13.1 Å². The van der Waals surface area contributed by atoms with E-state index in [2.05, 4.69) is 20.5 Å². The van der Waals surface area contributed by atoms with Gasteiger partial charge in [0.2, 0.25) is 11.8 Å². The van der Waals surface area contributed by atoms with Gasteiger partial charge in [-0.3, -0.25) is 4.98 Å². The van der Waals surface area contributed by atoms with Crippen LogP contribution in [0.15, 0.2) is 22.9 Å². The Bertz CT molecular complexity index is 467. The molecule has 0 aliphatic heterocycles. The molecular formula is C11H14N4O. The fourth-order valence-corrected chi connectivity index (χ4v) is 1.41. The van der Waals surface area contributed by atoms with Crippen LogP contribution in [0.3, 0.4) is 0 Å². The summed E-state index contributed by atoms with van der Waals surface area (Å²) in [4.78, 5) is 4.05. The third-order valence-corrected chi connectivity index (χ3v) is 2.30. The van der Waals surface area contributed by atoms with Gasteiger partial charge in [0, 0.05) is 25.9 Å². The maximum absolute atomic E-state index is 5.25. The van der Waals surface area contributed by atoms with Gasteiger partial charge in [-0.25, -0.2) is 0 Å². The minimum Gasteiger partial charge on any atom is -0.424 e. The lowest BCUT2D eigenvalue weighted by Crippen LogP contribution is -2.13. The summed E-state index contributed by atoms with van der Waals surface area (Å²) in [5, 5.41) is 10.9. The SMILES string of the molecule is Cc1nnc(CNCc2ccncc2C)o1. The molecule has 0 aromatic carbocycles. The molecule has 0 unspecified atom stereocenters. The summed E-state index contributed by atoms with van der Waals surface area (Å²) in [6, 6.07) is 2.00. The summed E-state index contributed by atoms with van der Waals surface area (Å²) in [6.07, 6.45) is 3.65. The van der Waals surface area contributed by atoms with Crippen LogP contribution in [0, 0.1) is 13.8 Å². The Morgan fingerprint density at radius 2 is 2.12 bits per heavy atom. The molecule has 0 bridgehead atoms. The minimum atomic E-state index is 0.586. The molecule has 0 aliphatic rings. The molecule has 84 valence electrons. The monoisotopic (exact) mass is 218 g/mol. The summed E-state index contributed by atoms with van der Waals surface area (Å²) >= 11 is 0. The third-order valence-electron chi connectivity index (χ3n) is 2.30. The lowest BCUT2D eigenvalue weighted by atomic mass is 10.1. The highest BCUT2D eigenvalue weighted by molar-refractivity contribution is 5.21. The molecule has 0 fully saturated rings. The van der Waals surface area contributed by atoms with E-state index in [0.717, 1.165) is 6.54 Å². The van der Waals surface area contributed by atoms with Crippen molar-refractivity contribution >= 4 is 0 Å². The van der Waals surface area contributed by atoms with E-state index in [1.807, 2.05) is 19.2 Å². The van der Waals surface area contributed by atoms with Crippen LogP contribution in [0.4, 0.5) is 0 Å². The Morgan fingerprint density at radius 3 is 2.81 bits per heavy atom. The smallest absolute Gasteiger partial charge is 0.230 e. The van der Waals surface area contributed by atoms with Crippen molar-refractivity contribution in [3.8, 4) is 0 Å². The van der Waals surface area contributed by atoms with Gasteiger partial charge in [-0.1, -0.05) is 0 Å². The summed E-state index contributed by atoms with van der Waals surface area (Å²) in [5.74, 6) is 1.21. The van der Waals surface area contributed by atoms with Gasteiger partial charge in [-0.05, 0) is 24.1 Å². The predicted octanol–water partition coefficient (Wildman–Crippen LogP) is 1.37. The fraction of sp³-hybridized carbons (Fsp3) is 0.364. The van der Waals surface area contributed by atoms with Crippen LogP contribution in [0.5, 0.6) is 0 Å². The number of nitrogens with zero attached hydrogens (tertiary/aromatic N) is 3. The van der Waals surface area contributed by atoms with Gasteiger partial charge in [0.25, 0.3) is 0 Å². The van der Waals surface area contributed by atoms with Crippen LogP contribution in [0.1, 0.15) is 22.9 Å². The highest BCUT2D eigenvalue weighted by Gasteiger charge is 2.02. The molecule has 0 radical (unpaired) electrons. The maximum atomic E-state index is 5.25. The molecule has 2 rings (SSSR count). The lowest BCUT2D eigenvalue weighted by molar-refractivity contribution is 0.446. The van der Waals surface area contributed by atoms with Crippen molar-refractivity contribution in [1.29, 1.82) is 0 Å². The van der Waals surface area contributed by atoms with Gasteiger partial charge in [-0.15, -0.1) is 10.2 Å². The van der Waals surface area contributed by atoms with Gasteiger partial charge in [0.15, 0.2) is 0 Å². The summed E-state index contributed by atoms with van der Waals surface area (Å²) in [5.41, 5.74) is 2.41. The van der Waals surface area contributed by atoms with E-state index in [4.69, 9.17) is 4.42 Å². The quantitative estimate of drug-likeness (QED) is 0.839. The first-order valence-electron chi connectivity index (χ1n) is 5.15. The Morgan fingerprint density at radius 1 is 1.25 bits per heavy atom. The number of nitrogens with one attached hydrogen (secondary N) is 1. The number of hydrogen-bond donors (Lipinski definition) is 1. The van der Waals surface area contributed by atoms with Crippen LogP contribution < -0.4 is 5.32 Å². The zero-order chi connectivity index (χ0) is 11.4. The third kappa shape index (κ3) is 2.64. The molecule has 0 amide bonds. The van der Waals surface area contributed by atoms with Crippen molar-refractivity contribution in [3.05, 3.63) is 41.4 Å².